The zero-order valence-electron chi connectivity index (χ0n) is 16.0. The van der Waals surface area contributed by atoms with Gasteiger partial charge in [0.25, 0.3) is 11.1 Å². The average Bonchev–Trinajstić information content (AvgIpc) is 3.19. The molecular weight excluding hydrogens is 368 g/mol. The highest BCUT2D eigenvalue weighted by Crippen LogP contribution is 2.23. The van der Waals surface area contributed by atoms with Gasteiger partial charge in [0, 0.05) is 24.2 Å². The van der Waals surface area contributed by atoms with Crippen LogP contribution in [0, 0.1) is 0 Å². The van der Waals surface area contributed by atoms with Gasteiger partial charge in [0.05, 0.1) is 6.33 Å². The number of nitrogens with one attached hydrogen (secondary N) is 1. The van der Waals surface area contributed by atoms with E-state index in [1.807, 2.05) is 54.6 Å². The van der Waals surface area contributed by atoms with Crippen molar-refractivity contribution in [2.75, 3.05) is 5.32 Å². The van der Waals surface area contributed by atoms with Gasteiger partial charge in [-0.05, 0) is 24.1 Å². The molecule has 0 aliphatic rings. The Balaban J connectivity index is 1.47. The molecule has 0 unspecified atom stereocenters. The number of benzene rings is 2. The van der Waals surface area contributed by atoms with E-state index < -0.39 is 0 Å². The smallest absolute Gasteiger partial charge is 0.299 e. The number of hydrogen-bond donors (Lipinski definition) is 1. The number of aromatic nitrogens is 3. The number of hydrogen-bond acceptors (Lipinski definition) is 5. The molecule has 2 aromatic heterocycles. The zero-order valence-corrected chi connectivity index (χ0v) is 16.0. The maximum atomic E-state index is 12.7. The third-order valence-corrected chi connectivity index (χ3v) is 4.72. The fraction of sp³-hybridized carbons (Fsp3) is 0.182. The number of aryl methyl sites for hydroxylation is 2. The molecule has 1 amide bonds. The fourth-order valence-electron chi connectivity index (χ4n) is 3.07. The highest BCUT2D eigenvalue weighted by molar-refractivity contribution is 5.90. The Bertz CT molecular complexity index is 1190. The lowest BCUT2D eigenvalue weighted by molar-refractivity contribution is -0.116. The van der Waals surface area contributed by atoms with Gasteiger partial charge in [0.2, 0.25) is 5.91 Å². The molecule has 4 rings (SSSR count). The standard InChI is InChI=1S/C22H20N4O3/c1-2-15-8-10-17(11-9-15)24-18(27)12-13-26-14-23-20-19(16-6-4-3-5-7-16)25-29-21(20)22(26)28/h3-11,14H,2,12-13H2,1H3,(H,24,27). The summed E-state index contributed by atoms with van der Waals surface area (Å²) in [4.78, 5) is 29.2. The van der Waals surface area contributed by atoms with Crippen molar-refractivity contribution in [1.82, 2.24) is 14.7 Å². The predicted molar refractivity (Wildman–Crippen MR) is 111 cm³/mol. The molecule has 0 aliphatic carbocycles. The first-order valence-electron chi connectivity index (χ1n) is 9.44. The Morgan fingerprint density at radius 2 is 1.86 bits per heavy atom. The lowest BCUT2D eigenvalue weighted by Gasteiger charge is -2.07. The number of carbonyl (C=O) groups excluding carboxylic acids is 1. The van der Waals surface area contributed by atoms with E-state index in [4.69, 9.17) is 4.52 Å². The summed E-state index contributed by atoms with van der Waals surface area (Å²) < 4.78 is 6.62. The van der Waals surface area contributed by atoms with Crippen molar-refractivity contribution in [3.63, 3.8) is 0 Å². The molecule has 0 atom stereocenters. The van der Waals surface area contributed by atoms with E-state index in [1.54, 1.807) is 0 Å². The van der Waals surface area contributed by atoms with Gasteiger partial charge in [0.15, 0.2) is 0 Å². The summed E-state index contributed by atoms with van der Waals surface area (Å²) >= 11 is 0. The first-order chi connectivity index (χ1) is 14.2. The zero-order chi connectivity index (χ0) is 20.2. The van der Waals surface area contributed by atoms with Gasteiger partial charge < -0.3 is 9.84 Å². The summed E-state index contributed by atoms with van der Waals surface area (Å²) in [6.45, 7) is 2.27. The molecular formula is C22H20N4O3. The minimum absolute atomic E-state index is 0.0851. The van der Waals surface area contributed by atoms with Gasteiger partial charge in [-0.3, -0.25) is 14.2 Å². The number of rotatable bonds is 6. The molecule has 2 heterocycles. The second kappa shape index (κ2) is 8.10. The van der Waals surface area contributed by atoms with Crippen molar-refractivity contribution >= 4 is 22.7 Å². The van der Waals surface area contributed by atoms with Gasteiger partial charge in [-0.2, -0.15) is 0 Å². The second-order valence-electron chi connectivity index (χ2n) is 6.67. The molecule has 7 nitrogen and oxygen atoms in total. The number of carbonyl (C=O) groups is 1. The number of anilines is 1. The van der Waals surface area contributed by atoms with Crippen LogP contribution in [0.4, 0.5) is 5.69 Å². The highest BCUT2D eigenvalue weighted by Gasteiger charge is 2.16. The SMILES string of the molecule is CCc1ccc(NC(=O)CCn2cnc3c(-c4ccccc4)noc3c2=O)cc1. The second-order valence-corrected chi connectivity index (χ2v) is 6.67. The Labute approximate surface area is 167 Å². The van der Waals surface area contributed by atoms with E-state index in [-0.39, 0.29) is 30.0 Å². The van der Waals surface area contributed by atoms with Gasteiger partial charge in [-0.1, -0.05) is 54.5 Å². The van der Waals surface area contributed by atoms with Crippen LogP contribution >= 0.6 is 0 Å². The molecule has 0 spiro atoms. The van der Waals surface area contributed by atoms with Crippen LogP contribution in [-0.4, -0.2) is 20.6 Å². The minimum atomic E-state index is -0.357. The van der Waals surface area contributed by atoms with E-state index in [2.05, 4.69) is 22.4 Å². The van der Waals surface area contributed by atoms with Crippen LogP contribution in [-0.2, 0) is 17.8 Å². The third kappa shape index (κ3) is 3.94. The number of fused-ring (bicyclic) bond motifs is 1. The van der Waals surface area contributed by atoms with Crippen molar-refractivity contribution in [2.24, 2.45) is 0 Å². The summed E-state index contributed by atoms with van der Waals surface area (Å²) in [6, 6.07) is 17.1. The van der Waals surface area contributed by atoms with Gasteiger partial charge in [-0.15, -0.1) is 0 Å². The minimum Gasteiger partial charge on any atom is -0.348 e. The van der Waals surface area contributed by atoms with Crippen LogP contribution in [0.3, 0.4) is 0 Å². The molecule has 4 aromatic rings. The van der Waals surface area contributed by atoms with Crippen LogP contribution < -0.4 is 10.9 Å². The van der Waals surface area contributed by atoms with Crippen LogP contribution in [0.5, 0.6) is 0 Å². The first-order valence-corrected chi connectivity index (χ1v) is 9.44. The van der Waals surface area contributed by atoms with E-state index in [0.29, 0.717) is 11.2 Å². The highest BCUT2D eigenvalue weighted by atomic mass is 16.5. The topological polar surface area (TPSA) is 90.0 Å². The quantitative estimate of drug-likeness (QED) is 0.545. The van der Waals surface area contributed by atoms with Gasteiger partial charge in [-0.25, -0.2) is 4.98 Å². The molecule has 0 saturated heterocycles. The summed E-state index contributed by atoms with van der Waals surface area (Å²) in [5.41, 5.74) is 3.43. The summed E-state index contributed by atoms with van der Waals surface area (Å²) in [5, 5.41) is 6.84. The molecule has 0 saturated carbocycles. The molecule has 1 N–H and O–H groups in total. The third-order valence-electron chi connectivity index (χ3n) is 4.72. The largest absolute Gasteiger partial charge is 0.348 e. The normalized spacial score (nSPS) is 10.9. The molecule has 2 aromatic carbocycles. The molecule has 0 bridgehead atoms. The maximum absolute atomic E-state index is 12.7. The Kier molecular flexibility index (Phi) is 5.20. The fourth-order valence-corrected chi connectivity index (χ4v) is 3.07. The molecule has 146 valence electrons. The van der Waals surface area contributed by atoms with E-state index in [9.17, 15) is 9.59 Å². The van der Waals surface area contributed by atoms with Crippen LogP contribution in [0.1, 0.15) is 18.9 Å². The number of nitrogens with zero attached hydrogens (tertiary/aromatic N) is 3. The average molecular weight is 388 g/mol. The Morgan fingerprint density at radius 1 is 1.10 bits per heavy atom. The summed E-state index contributed by atoms with van der Waals surface area (Å²) in [7, 11) is 0. The summed E-state index contributed by atoms with van der Waals surface area (Å²) in [5.74, 6) is -0.177. The molecule has 0 aliphatic heterocycles. The van der Waals surface area contributed by atoms with Crippen molar-refractivity contribution in [2.45, 2.75) is 26.3 Å². The van der Waals surface area contributed by atoms with Gasteiger partial charge >= 0.3 is 0 Å². The van der Waals surface area contributed by atoms with Crippen LogP contribution in [0.25, 0.3) is 22.4 Å². The summed E-state index contributed by atoms with van der Waals surface area (Å²) in [6.07, 6.45) is 2.51. The van der Waals surface area contributed by atoms with E-state index >= 15 is 0 Å². The van der Waals surface area contributed by atoms with E-state index in [1.165, 1.54) is 16.5 Å². The lowest BCUT2D eigenvalue weighted by atomic mass is 10.1. The molecule has 7 heteroatoms. The van der Waals surface area contributed by atoms with Crippen molar-refractivity contribution in [3.05, 3.63) is 76.8 Å². The lowest BCUT2D eigenvalue weighted by Crippen LogP contribution is -2.23. The monoisotopic (exact) mass is 388 g/mol. The molecule has 29 heavy (non-hydrogen) atoms. The Hall–Kier alpha value is -3.74. The van der Waals surface area contributed by atoms with Gasteiger partial charge in [0.1, 0.15) is 11.2 Å². The molecule has 0 radical (unpaired) electrons. The Morgan fingerprint density at radius 3 is 2.59 bits per heavy atom. The van der Waals surface area contributed by atoms with Crippen LogP contribution in [0.15, 0.2) is 70.2 Å². The van der Waals surface area contributed by atoms with Crippen molar-refractivity contribution in [3.8, 4) is 11.3 Å². The van der Waals surface area contributed by atoms with Crippen LogP contribution in [0.2, 0.25) is 0 Å². The maximum Gasteiger partial charge on any atom is 0.299 e. The van der Waals surface area contributed by atoms with Crippen molar-refractivity contribution < 1.29 is 9.32 Å². The predicted octanol–water partition coefficient (Wildman–Crippen LogP) is 3.64. The molecule has 0 fully saturated rings. The van der Waals surface area contributed by atoms with E-state index in [0.717, 1.165) is 17.7 Å². The number of amides is 1. The first kappa shape index (κ1) is 18.6. The van der Waals surface area contributed by atoms with Crippen molar-refractivity contribution in [1.29, 1.82) is 0 Å².